The Morgan fingerprint density at radius 3 is 2.29 bits per heavy atom. The van der Waals surface area contributed by atoms with Crippen LogP contribution in [0.1, 0.15) is 38.8 Å². The molecule has 0 saturated carbocycles. The van der Waals surface area contributed by atoms with Crippen molar-refractivity contribution in [2.75, 3.05) is 32.0 Å². The predicted octanol–water partition coefficient (Wildman–Crippen LogP) is 4.82. The molecule has 0 unspecified atom stereocenters. The first-order valence-electron chi connectivity index (χ1n) is 9.86. The number of hydrogen-bond donors (Lipinski definition) is 0. The monoisotopic (exact) mass is 383 g/mol. The van der Waals surface area contributed by atoms with E-state index in [2.05, 4.69) is 39.0 Å². The highest BCUT2D eigenvalue weighted by Crippen LogP contribution is 2.32. The fraction of sp³-hybridized carbons (Fsp3) is 0.458. The number of carbonyl (C=O) groups is 1. The van der Waals surface area contributed by atoms with Gasteiger partial charge < -0.3 is 9.47 Å². The van der Waals surface area contributed by atoms with Gasteiger partial charge >= 0.3 is 0 Å². The van der Waals surface area contributed by atoms with Crippen molar-refractivity contribution < 1.29 is 14.3 Å². The number of amides is 1. The Labute approximate surface area is 169 Å². The van der Waals surface area contributed by atoms with Crippen LogP contribution in [0, 0.1) is 5.92 Å². The molecule has 4 heteroatoms. The lowest BCUT2D eigenvalue weighted by Crippen LogP contribution is -2.39. The summed E-state index contributed by atoms with van der Waals surface area (Å²) in [6.45, 7) is 9.63. The van der Waals surface area contributed by atoms with Crippen LogP contribution in [-0.2, 0) is 26.1 Å². The Morgan fingerprint density at radius 2 is 1.64 bits per heavy atom. The minimum Gasteiger partial charge on any atom is -0.382 e. The van der Waals surface area contributed by atoms with E-state index in [4.69, 9.17) is 9.47 Å². The highest BCUT2D eigenvalue weighted by Gasteiger charge is 2.27. The van der Waals surface area contributed by atoms with Crippen LogP contribution >= 0.6 is 0 Å². The summed E-state index contributed by atoms with van der Waals surface area (Å²) in [4.78, 5) is 15.2. The smallest absolute Gasteiger partial charge is 0.232 e. The lowest BCUT2D eigenvalue weighted by Gasteiger charge is -2.31. The molecule has 0 fully saturated rings. The molecule has 0 bridgehead atoms. The van der Waals surface area contributed by atoms with Gasteiger partial charge in [-0.25, -0.2) is 0 Å². The van der Waals surface area contributed by atoms with Crippen molar-refractivity contribution in [3.05, 3.63) is 65.7 Å². The zero-order chi connectivity index (χ0) is 20.6. The molecule has 0 aromatic heterocycles. The van der Waals surface area contributed by atoms with Gasteiger partial charge in [0.15, 0.2) is 0 Å². The quantitative estimate of drug-likeness (QED) is 0.460. The fourth-order valence-corrected chi connectivity index (χ4v) is 3.21. The predicted molar refractivity (Wildman–Crippen MR) is 115 cm³/mol. The summed E-state index contributed by atoms with van der Waals surface area (Å²) >= 11 is 0. The second-order valence-corrected chi connectivity index (χ2v) is 8.15. The molecule has 0 N–H and O–H groups in total. The Morgan fingerprint density at radius 1 is 1.00 bits per heavy atom. The summed E-state index contributed by atoms with van der Waals surface area (Å²) in [5.74, 6) is -0.0839. The average molecular weight is 384 g/mol. The maximum absolute atomic E-state index is 13.4. The van der Waals surface area contributed by atoms with Gasteiger partial charge in [-0.3, -0.25) is 9.69 Å². The van der Waals surface area contributed by atoms with E-state index in [0.29, 0.717) is 19.6 Å². The van der Waals surface area contributed by atoms with Gasteiger partial charge in [-0.1, -0.05) is 76.2 Å². The number of carbonyl (C=O) groups excluding carboxylic acids is 1. The van der Waals surface area contributed by atoms with Crippen LogP contribution in [-0.4, -0.2) is 33.0 Å². The van der Waals surface area contributed by atoms with Crippen LogP contribution in [0.25, 0.3) is 0 Å². The maximum Gasteiger partial charge on any atom is 0.232 e. The van der Waals surface area contributed by atoms with E-state index in [9.17, 15) is 4.79 Å². The third kappa shape index (κ3) is 6.18. The highest BCUT2D eigenvalue weighted by molar-refractivity contribution is 5.95. The Bertz CT molecular complexity index is 737. The van der Waals surface area contributed by atoms with Gasteiger partial charge in [-0.2, -0.15) is 0 Å². The van der Waals surface area contributed by atoms with E-state index in [1.807, 2.05) is 43.3 Å². The van der Waals surface area contributed by atoms with Gasteiger partial charge in [-0.15, -0.1) is 0 Å². The van der Waals surface area contributed by atoms with E-state index in [1.54, 1.807) is 12.0 Å². The van der Waals surface area contributed by atoms with Gasteiger partial charge in [-0.05, 0) is 29.0 Å². The molecular weight excluding hydrogens is 350 g/mol. The number of para-hydroxylation sites is 1. The molecule has 1 amide bonds. The summed E-state index contributed by atoms with van der Waals surface area (Å²) in [7, 11) is 1.64. The summed E-state index contributed by atoms with van der Waals surface area (Å²) in [5, 5.41) is 0. The SMILES string of the molecule is COCCOCN(C(=O)[C@H](C)Cc1ccccc1)c1ccccc1C(C)(C)C. The Balaban J connectivity index is 2.27. The minimum atomic E-state index is -0.151. The topological polar surface area (TPSA) is 38.8 Å². The lowest BCUT2D eigenvalue weighted by atomic mass is 9.85. The Hall–Kier alpha value is -2.17. The molecule has 2 aromatic rings. The van der Waals surface area contributed by atoms with Crippen molar-refractivity contribution in [1.29, 1.82) is 0 Å². The third-order valence-corrected chi connectivity index (χ3v) is 4.73. The van der Waals surface area contributed by atoms with Crippen LogP contribution in [0.4, 0.5) is 5.69 Å². The zero-order valence-corrected chi connectivity index (χ0v) is 17.8. The van der Waals surface area contributed by atoms with Crippen LogP contribution in [0.2, 0.25) is 0 Å². The number of methoxy groups -OCH3 is 1. The van der Waals surface area contributed by atoms with Gasteiger partial charge in [0, 0.05) is 18.7 Å². The second-order valence-electron chi connectivity index (χ2n) is 8.15. The van der Waals surface area contributed by atoms with E-state index in [0.717, 1.165) is 16.8 Å². The third-order valence-electron chi connectivity index (χ3n) is 4.73. The number of hydrogen-bond acceptors (Lipinski definition) is 3. The molecule has 2 aromatic carbocycles. The molecule has 0 spiro atoms. The number of benzene rings is 2. The van der Waals surface area contributed by atoms with Gasteiger partial charge in [0.1, 0.15) is 6.73 Å². The molecule has 4 nitrogen and oxygen atoms in total. The summed E-state index contributed by atoms with van der Waals surface area (Å²) in [5.41, 5.74) is 3.13. The minimum absolute atomic E-state index is 0.0676. The molecule has 152 valence electrons. The molecule has 1 atom stereocenters. The molecule has 0 heterocycles. The molecular formula is C24H33NO3. The van der Waals surface area contributed by atoms with Crippen LogP contribution in [0.5, 0.6) is 0 Å². The standard InChI is InChI=1S/C24H33NO3/c1-19(17-20-11-7-6-8-12-20)23(26)25(18-28-16-15-27-5)22-14-10-9-13-21(22)24(2,3)4/h6-14,19H,15-18H2,1-5H3/t19-/m1/s1. The molecule has 0 radical (unpaired) electrons. The maximum atomic E-state index is 13.4. The molecule has 0 aliphatic rings. The van der Waals surface area contributed by atoms with Gasteiger partial charge in [0.2, 0.25) is 5.91 Å². The first-order valence-corrected chi connectivity index (χ1v) is 9.86. The van der Waals surface area contributed by atoms with E-state index in [1.165, 1.54) is 0 Å². The number of ether oxygens (including phenoxy) is 2. The average Bonchev–Trinajstić information content (AvgIpc) is 2.68. The van der Waals surface area contributed by atoms with Crippen LogP contribution in [0.15, 0.2) is 54.6 Å². The van der Waals surface area contributed by atoms with Crippen LogP contribution < -0.4 is 4.90 Å². The summed E-state index contributed by atoms with van der Waals surface area (Å²) < 4.78 is 10.8. The number of anilines is 1. The molecule has 2 rings (SSSR count). The summed E-state index contributed by atoms with van der Waals surface area (Å²) in [6.07, 6.45) is 0.700. The molecule has 0 aliphatic heterocycles. The van der Waals surface area contributed by atoms with Crippen molar-refractivity contribution in [1.82, 2.24) is 0 Å². The fourth-order valence-electron chi connectivity index (χ4n) is 3.21. The number of nitrogens with zero attached hydrogens (tertiary/aromatic N) is 1. The van der Waals surface area contributed by atoms with Crippen molar-refractivity contribution in [2.24, 2.45) is 5.92 Å². The Kier molecular flexibility index (Phi) is 8.21. The van der Waals surface area contributed by atoms with Gasteiger partial charge in [0.05, 0.1) is 13.2 Å². The van der Waals surface area contributed by atoms with E-state index < -0.39 is 0 Å². The largest absolute Gasteiger partial charge is 0.382 e. The second kappa shape index (κ2) is 10.4. The lowest BCUT2D eigenvalue weighted by molar-refractivity contribution is -0.123. The molecule has 0 saturated heterocycles. The van der Waals surface area contributed by atoms with Crippen molar-refractivity contribution in [2.45, 2.75) is 39.5 Å². The highest BCUT2D eigenvalue weighted by atomic mass is 16.5. The van der Waals surface area contributed by atoms with Crippen molar-refractivity contribution in [3.63, 3.8) is 0 Å². The van der Waals surface area contributed by atoms with E-state index in [-0.39, 0.29) is 24.0 Å². The first kappa shape index (κ1) is 22.1. The number of rotatable bonds is 9. The van der Waals surface area contributed by atoms with Gasteiger partial charge in [0.25, 0.3) is 0 Å². The first-order chi connectivity index (χ1) is 13.3. The van der Waals surface area contributed by atoms with Crippen molar-refractivity contribution >= 4 is 11.6 Å². The summed E-state index contributed by atoms with van der Waals surface area (Å²) in [6, 6.07) is 18.2. The zero-order valence-electron chi connectivity index (χ0n) is 17.8. The van der Waals surface area contributed by atoms with Crippen LogP contribution in [0.3, 0.4) is 0 Å². The molecule has 28 heavy (non-hydrogen) atoms. The van der Waals surface area contributed by atoms with E-state index >= 15 is 0 Å². The normalized spacial score (nSPS) is 12.6. The molecule has 0 aliphatic carbocycles. The van der Waals surface area contributed by atoms with Crippen molar-refractivity contribution in [3.8, 4) is 0 Å².